The second-order valence-electron chi connectivity index (χ2n) is 5.92. The smallest absolute Gasteiger partial charge is 0.178 e. The summed E-state index contributed by atoms with van der Waals surface area (Å²) in [5.74, 6) is 0.497. The second kappa shape index (κ2) is 7.20. The van der Waals surface area contributed by atoms with Gasteiger partial charge in [-0.3, -0.25) is 9.69 Å². The Balaban J connectivity index is 2.02. The molecule has 1 unspecified atom stereocenters. The van der Waals surface area contributed by atoms with Gasteiger partial charge in [0, 0.05) is 43.8 Å². The highest BCUT2D eigenvalue weighted by Crippen LogP contribution is 2.19. The summed E-state index contributed by atoms with van der Waals surface area (Å²) < 4.78 is 7.26. The molecule has 1 fully saturated rings. The van der Waals surface area contributed by atoms with Crippen molar-refractivity contribution in [2.75, 3.05) is 40.0 Å². The van der Waals surface area contributed by atoms with E-state index < -0.39 is 0 Å². The highest BCUT2D eigenvalue weighted by Gasteiger charge is 2.25. The van der Waals surface area contributed by atoms with Gasteiger partial charge in [0.2, 0.25) is 0 Å². The lowest BCUT2D eigenvalue weighted by molar-refractivity contribution is 0.0939. The molecule has 0 spiro atoms. The van der Waals surface area contributed by atoms with E-state index in [1.165, 1.54) is 0 Å². The van der Waals surface area contributed by atoms with Gasteiger partial charge in [0.15, 0.2) is 5.78 Å². The molecule has 2 heterocycles. The first kappa shape index (κ1) is 16.2. The summed E-state index contributed by atoms with van der Waals surface area (Å²) >= 11 is 0. The molecule has 2 rings (SSSR count). The zero-order chi connectivity index (χ0) is 15.4. The number of hydrogen-bond acceptors (Lipinski definition) is 4. The molecule has 5 heteroatoms. The van der Waals surface area contributed by atoms with Crippen LogP contribution in [-0.2, 0) is 11.3 Å². The Labute approximate surface area is 126 Å². The van der Waals surface area contributed by atoms with Gasteiger partial charge >= 0.3 is 0 Å². The summed E-state index contributed by atoms with van der Waals surface area (Å²) in [4.78, 5) is 14.7. The summed E-state index contributed by atoms with van der Waals surface area (Å²) in [5.41, 5.74) is 2.94. The van der Waals surface area contributed by atoms with E-state index >= 15 is 0 Å². The van der Waals surface area contributed by atoms with E-state index in [0.29, 0.717) is 19.1 Å². The molecule has 1 saturated heterocycles. The van der Waals surface area contributed by atoms with Gasteiger partial charge in [-0.05, 0) is 38.8 Å². The van der Waals surface area contributed by atoms with Gasteiger partial charge in [-0.25, -0.2) is 0 Å². The van der Waals surface area contributed by atoms with Crippen LogP contribution in [0.5, 0.6) is 0 Å². The highest BCUT2D eigenvalue weighted by atomic mass is 16.5. The van der Waals surface area contributed by atoms with E-state index in [-0.39, 0.29) is 12.4 Å². The van der Waals surface area contributed by atoms with Gasteiger partial charge in [-0.1, -0.05) is 0 Å². The third kappa shape index (κ3) is 3.73. The van der Waals surface area contributed by atoms with Gasteiger partial charge in [-0.15, -0.1) is 0 Å². The standard InChI is InChI=1S/C16H26N2O3/c1-12-8-15(13(2)18(12)6-7-21-3)16(20)10-17-5-4-14(9-17)11-19/h8,14,19H,4-7,9-11H2,1-3H3. The molecule has 1 aliphatic heterocycles. The third-order valence-corrected chi connectivity index (χ3v) is 4.39. The largest absolute Gasteiger partial charge is 0.396 e. The maximum Gasteiger partial charge on any atom is 0.178 e. The van der Waals surface area contributed by atoms with Crippen LogP contribution in [-0.4, -0.2) is 60.3 Å². The number of methoxy groups -OCH3 is 1. The first-order chi connectivity index (χ1) is 10.1. The monoisotopic (exact) mass is 294 g/mol. The lowest BCUT2D eigenvalue weighted by Gasteiger charge is -2.14. The minimum atomic E-state index is 0.172. The first-order valence-corrected chi connectivity index (χ1v) is 7.59. The summed E-state index contributed by atoms with van der Waals surface area (Å²) in [5, 5.41) is 9.17. The SMILES string of the molecule is COCCn1c(C)cc(C(=O)CN2CCC(CO)C2)c1C. The van der Waals surface area contributed by atoms with Crippen LogP contribution in [0.15, 0.2) is 6.07 Å². The fraction of sp³-hybridized carbons (Fsp3) is 0.688. The van der Waals surface area contributed by atoms with Gasteiger partial charge < -0.3 is 14.4 Å². The number of aromatic nitrogens is 1. The zero-order valence-corrected chi connectivity index (χ0v) is 13.3. The van der Waals surface area contributed by atoms with Crippen molar-refractivity contribution in [3.05, 3.63) is 23.0 Å². The quantitative estimate of drug-likeness (QED) is 0.769. The van der Waals surface area contributed by atoms with Crippen LogP contribution in [0.1, 0.15) is 28.2 Å². The number of aryl methyl sites for hydroxylation is 1. The number of Topliss-reactive ketones (excluding diaryl/α,β-unsaturated/α-hetero) is 1. The molecule has 1 N–H and O–H groups in total. The van der Waals surface area contributed by atoms with Crippen molar-refractivity contribution in [3.8, 4) is 0 Å². The molecular weight excluding hydrogens is 268 g/mol. The fourth-order valence-electron chi connectivity index (χ4n) is 3.10. The first-order valence-electron chi connectivity index (χ1n) is 7.59. The predicted molar refractivity (Wildman–Crippen MR) is 81.7 cm³/mol. The maximum absolute atomic E-state index is 12.5. The number of hydrogen-bond donors (Lipinski definition) is 1. The Morgan fingerprint density at radius 2 is 2.24 bits per heavy atom. The average molecular weight is 294 g/mol. The van der Waals surface area contributed by atoms with Crippen molar-refractivity contribution in [2.45, 2.75) is 26.8 Å². The van der Waals surface area contributed by atoms with Crippen molar-refractivity contribution in [1.82, 2.24) is 9.47 Å². The summed E-state index contributed by atoms with van der Waals surface area (Å²) in [6, 6.07) is 1.98. The van der Waals surface area contributed by atoms with Crippen molar-refractivity contribution < 1.29 is 14.6 Å². The molecule has 5 nitrogen and oxygen atoms in total. The van der Waals surface area contributed by atoms with Gasteiger partial charge in [0.25, 0.3) is 0 Å². The molecule has 0 bridgehead atoms. The molecule has 0 saturated carbocycles. The van der Waals surface area contributed by atoms with Crippen molar-refractivity contribution in [3.63, 3.8) is 0 Å². The molecule has 1 aromatic rings. The Kier molecular flexibility index (Phi) is 5.56. The number of carbonyl (C=O) groups is 1. The van der Waals surface area contributed by atoms with Crippen LogP contribution < -0.4 is 0 Å². The Morgan fingerprint density at radius 3 is 2.86 bits per heavy atom. The fourth-order valence-corrected chi connectivity index (χ4v) is 3.10. The lowest BCUT2D eigenvalue weighted by Crippen LogP contribution is -2.28. The van der Waals surface area contributed by atoms with Crippen LogP contribution in [0.4, 0.5) is 0 Å². The van der Waals surface area contributed by atoms with Crippen molar-refractivity contribution in [2.24, 2.45) is 5.92 Å². The van der Waals surface area contributed by atoms with E-state index in [9.17, 15) is 9.90 Å². The Bertz CT molecular complexity index is 496. The van der Waals surface area contributed by atoms with Crippen LogP contribution in [0.25, 0.3) is 0 Å². The molecule has 1 atom stereocenters. The minimum Gasteiger partial charge on any atom is -0.396 e. The number of aliphatic hydroxyl groups excluding tert-OH is 1. The molecule has 0 aliphatic carbocycles. The zero-order valence-electron chi connectivity index (χ0n) is 13.3. The topological polar surface area (TPSA) is 54.7 Å². The van der Waals surface area contributed by atoms with E-state index in [2.05, 4.69) is 9.47 Å². The van der Waals surface area contributed by atoms with E-state index in [4.69, 9.17) is 4.74 Å². The van der Waals surface area contributed by atoms with Crippen LogP contribution in [0.3, 0.4) is 0 Å². The Morgan fingerprint density at radius 1 is 1.48 bits per heavy atom. The second-order valence-corrected chi connectivity index (χ2v) is 5.92. The molecule has 1 aliphatic rings. The van der Waals surface area contributed by atoms with Gasteiger partial charge in [-0.2, -0.15) is 0 Å². The van der Waals surface area contributed by atoms with E-state index in [1.807, 2.05) is 19.9 Å². The van der Waals surface area contributed by atoms with Crippen molar-refractivity contribution >= 4 is 5.78 Å². The molecule has 21 heavy (non-hydrogen) atoms. The minimum absolute atomic E-state index is 0.172. The van der Waals surface area contributed by atoms with Gasteiger partial charge in [0.05, 0.1) is 13.2 Å². The lowest BCUT2D eigenvalue weighted by atomic mass is 10.1. The number of rotatable bonds is 7. The summed E-state index contributed by atoms with van der Waals surface area (Å²) in [6.07, 6.45) is 0.983. The Hall–Kier alpha value is -1.17. The number of nitrogens with zero attached hydrogens (tertiary/aromatic N) is 2. The molecule has 118 valence electrons. The van der Waals surface area contributed by atoms with Crippen molar-refractivity contribution in [1.29, 1.82) is 0 Å². The van der Waals surface area contributed by atoms with Crippen LogP contribution in [0, 0.1) is 19.8 Å². The van der Waals surface area contributed by atoms with Crippen LogP contribution >= 0.6 is 0 Å². The van der Waals surface area contributed by atoms with Gasteiger partial charge in [0.1, 0.15) is 0 Å². The number of ether oxygens (including phenoxy) is 1. The van der Waals surface area contributed by atoms with Crippen LogP contribution in [0.2, 0.25) is 0 Å². The average Bonchev–Trinajstić information content (AvgIpc) is 3.02. The molecule has 0 radical (unpaired) electrons. The van der Waals surface area contributed by atoms with E-state index in [0.717, 1.165) is 43.0 Å². The molecule has 0 aromatic carbocycles. The molecular formula is C16H26N2O3. The maximum atomic E-state index is 12.5. The normalized spacial score (nSPS) is 19.3. The highest BCUT2D eigenvalue weighted by molar-refractivity contribution is 5.99. The molecule has 0 amide bonds. The predicted octanol–water partition coefficient (Wildman–Crippen LogP) is 1.25. The number of likely N-dealkylation sites (tertiary alicyclic amines) is 1. The number of ketones is 1. The third-order valence-electron chi connectivity index (χ3n) is 4.39. The summed E-state index contributed by atoms with van der Waals surface area (Å²) in [6.45, 7) is 7.84. The number of carbonyl (C=O) groups excluding carboxylic acids is 1. The summed E-state index contributed by atoms with van der Waals surface area (Å²) in [7, 11) is 1.69. The number of aliphatic hydroxyl groups is 1. The van der Waals surface area contributed by atoms with E-state index in [1.54, 1.807) is 7.11 Å². The molecule has 1 aromatic heterocycles.